The molecule has 0 aliphatic heterocycles. The molecule has 0 saturated heterocycles. The summed E-state index contributed by atoms with van der Waals surface area (Å²) in [5, 5.41) is 11.6. The van der Waals surface area contributed by atoms with Gasteiger partial charge in [-0.15, -0.1) is 0 Å². The van der Waals surface area contributed by atoms with Gasteiger partial charge in [0.1, 0.15) is 17.1 Å². The van der Waals surface area contributed by atoms with Crippen LogP contribution in [0.1, 0.15) is 52.9 Å². The fraction of sp³-hybridized carbons (Fsp3) is 0.290. The van der Waals surface area contributed by atoms with Crippen LogP contribution in [-0.4, -0.2) is 144 Å². The third kappa shape index (κ3) is 17.6. The highest BCUT2D eigenvalue weighted by Crippen LogP contribution is 2.42. The molecule has 0 amide bonds. The number of rotatable bonds is 29. The number of carbonyl (C=O) groups excluding carboxylic acids is 4. The Morgan fingerprint density at radius 3 is 1.51 bits per heavy atom. The van der Waals surface area contributed by atoms with E-state index in [9.17, 15) is 33.9 Å². The molecule has 0 spiro atoms. The third-order valence-corrected chi connectivity index (χ3v) is 14.7. The van der Waals surface area contributed by atoms with E-state index >= 15 is 0 Å². The molecule has 1 atom stereocenters. The van der Waals surface area contributed by atoms with Gasteiger partial charge in [0, 0.05) is 43.9 Å². The Morgan fingerprint density at radius 2 is 1.03 bits per heavy atom. The maximum atomic E-state index is 13.8. The van der Waals surface area contributed by atoms with Crippen molar-refractivity contribution in [1.29, 1.82) is 0 Å². The van der Waals surface area contributed by atoms with Gasteiger partial charge in [-0.2, -0.15) is 0 Å². The molecule has 8 rings (SSSR count). The summed E-state index contributed by atoms with van der Waals surface area (Å²) in [4.78, 5) is 94.2. The number of benzene rings is 4. The minimum Gasteiger partial charge on any atom is -0.497 e. The molecule has 0 bridgehead atoms. The summed E-state index contributed by atoms with van der Waals surface area (Å²) < 4.78 is 39.8. The normalized spacial score (nSPS) is 11.5. The predicted molar refractivity (Wildman–Crippen MR) is 335 cm³/mol. The maximum absolute atomic E-state index is 13.8. The van der Waals surface area contributed by atoms with Crippen molar-refractivity contribution >= 4 is 23.9 Å². The van der Waals surface area contributed by atoms with Crippen LogP contribution in [0.5, 0.6) is 11.5 Å². The topological polar surface area (TPSA) is 242 Å². The molecule has 0 aliphatic carbocycles. The van der Waals surface area contributed by atoms with E-state index in [1.165, 1.54) is 49.8 Å². The van der Waals surface area contributed by atoms with Crippen molar-refractivity contribution < 1.29 is 57.4 Å². The van der Waals surface area contributed by atoms with Crippen LogP contribution in [0.15, 0.2) is 174 Å². The number of aliphatic hydroxyl groups is 1. The van der Waals surface area contributed by atoms with E-state index in [-0.39, 0.29) is 59.0 Å². The number of aliphatic hydroxyl groups excluding tert-OH is 1. The second kappa shape index (κ2) is 32.2. The van der Waals surface area contributed by atoms with Crippen molar-refractivity contribution in [3.63, 3.8) is 0 Å². The molecule has 466 valence electrons. The van der Waals surface area contributed by atoms with Crippen LogP contribution in [0, 0.1) is 11.8 Å². The lowest BCUT2D eigenvalue weighted by Crippen LogP contribution is -2.42. The van der Waals surface area contributed by atoms with Gasteiger partial charge in [-0.05, 0) is 113 Å². The van der Waals surface area contributed by atoms with Crippen molar-refractivity contribution in [3.8, 4) is 57.2 Å². The zero-order valence-electron chi connectivity index (χ0n) is 51.0. The van der Waals surface area contributed by atoms with E-state index in [2.05, 4.69) is 11.8 Å². The number of aromatic nitrogens is 5. The molecular formula is C69H71N7O14. The molecule has 21 nitrogen and oxygen atoms in total. The number of ether oxygens (including phenoxy) is 7. The largest absolute Gasteiger partial charge is 0.497 e. The number of esters is 4. The molecule has 4 heterocycles. The fourth-order valence-electron chi connectivity index (χ4n) is 10.0. The Morgan fingerprint density at radius 1 is 0.544 bits per heavy atom. The molecular weight excluding hydrogens is 1150 g/mol. The molecule has 1 unspecified atom stereocenters. The minimum absolute atomic E-state index is 0.111. The fourth-order valence-corrected chi connectivity index (χ4v) is 10.0. The highest BCUT2D eigenvalue weighted by atomic mass is 16.5. The van der Waals surface area contributed by atoms with E-state index in [1.54, 1.807) is 60.4 Å². The number of hydrogen-bond acceptors (Lipinski definition) is 19. The summed E-state index contributed by atoms with van der Waals surface area (Å²) in [5.74, 6) is 5.63. The first-order chi connectivity index (χ1) is 43.6. The lowest BCUT2D eigenvalue weighted by Gasteiger charge is -2.36. The van der Waals surface area contributed by atoms with E-state index in [1.807, 2.05) is 115 Å². The van der Waals surface area contributed by atoms with Crippen LogP contribution in [-0.2, 0) is 74.6 Å². The zero-order chi connectivity index (χ0) is 64.0. The molecule has 0 aliphatic rings. The highest BCUT2D eigenvalue weighted by molar-refractivity contribution is 5.77. The third-order valence-electron chi connectivity index (χ3n) is 14.7. The standard InChI is InChI=1S/C69H71N7O14/c1-84-57-31-27-52(28-32-57)69(51-17-11-9-12-18-51,53-29-33-58(85-2)34-30-53)90-47-56(77)42-75-37-35-63(78)76(68(75)83)36-13-8-7-10-16-48-23-25-49(26-24-48)50-38-61(59-21-14-19-54(70-59)40-73(43-64(79)86-3)44-65(80)87-4)72-62(39-50)60-22-15-20-55(71-60)41-74(45-66(81)88-5)46-67(82)89-6/h9,11-12,14-15,17-35,37-39,56,77H,7-8,13,36,40-47H2,1-6H3. The SMILES string of the molecule is COC(=O)CN(CC(=O)OC)Cc1cccc(-c2cc(-c3ccc(C#CCCCCn4c(=O)ccn(CC(O)COC(c5ccccc5)(c5ccc(OC)cc5)c5ccc(OC)cc5)c4=O)cc3)cc(-c3cccc(CN(CC(=O)OC)CC(=O)OC)n3)n2)n1. The van der Waals surface area contributed by atoms with E-state index < -0.39 is 46.8 Å². The van der Waals surface area contributed by atoms with Crippen LogP contribution in [0.4, 0.5) is 0 Å². The molecule has 4 aromatic heterocycles. The first-order valence-corrected chi connectivity index (χ1v) is 28.9. The predicted octanol–water partition coefficient (Wildman–Crippen LogP) is 7.10. The van der Waals surface area contributed by atoms with Crippen molar-refractivity contribution in [3.05, 3.63) is 218 Å². The Bertz CT molecular complexity index is 3730. The monoisotopic (exact) mass is 1220 g/mol. The lowest BCUT2D eigenvalue weighted by atomic mass is 9.80. The number of unbranched alkanes of at least 4 members (excludes halogenated alkanes) is 2. The summed E-state index contributed by atoms with van der Waals surface area (Å²) >= 11 is 0. The van der Waals surface area contributed by atoms with Gasteiger partial charge in [0.2, 0.25) is 0 Å². The maximum Gasteiger partial charge on any atom is 0.331 e. The number of methoxy groups -OCH3 is 6. The van der Waals surface area contributed by atoms with Gasteiger partial charge in [0.05, 0.1) is 122 Å². The van der Waals surface area contributed by atoms with Crippen LogP contribution in [0.2, 0.25) is 0 Å². The van der Waals surface area contributed by atoms with Gasteiger partial charge < -0.3 is 38.3 Å². The van der Waals surface area contributed by atoms with Crippen molar-refractivity contribution in [2.24, 2.45) is 0 Å². The van der Waals surface area contributed by atoms with E-state index in [0.29, 0.717) is 64.9 Å². The summed E-state index contributed by atoms with van der Waals surface area (Å²) in [6.07, 6.45) is 1.80. The van der Waals surface area contributed by atoms with Gasteiger partial charge in [-0.25, -0.2) is 19.7 Å². The molecule has 1 N–H and O–H groups in total. The molecule has 0 fully saturated rings. The molecule has 21 heteroatoms. The Balaban J connectivity index is 0.966. The van der Waals surface area contributed by atoms with Gasteiger partial charge in [-0.3, -0.25) is 42.9 Å². The molecule has 0 saturated carbocycles. The average molecular weight is 1220 g/mol. The van der Waals surface area contributed by atoms with Crippen molar-refractivity contribution in [2.45, 2.75) is 57.1 Å². The Labute approximate surface area is 521 Å². The smallest absolute Gasteiger partial charge is 0.331 e. The van der Waals surface area contributed by atoms with Gasteiger partial charge in [-0.1, -0.05) is 90.7 Å². The second-order valence-electron chi connectivity index (χ2n) is 20.8. The first-order valence-electron chi connectivity index (χ1n) is 28.9. The molecule has 8 aromatic rings. The first kappa shape index (κ1) is 65.9. The van der Waals surface area contributed by atoms with E-state index in [4.69, 9.17) is 48.1 Å². The number of carbonyl (C=O) groups is 4. The second-order valence-corrected chi connectivity index (χ2v) is 20.8. The zero-order valence-corrected chi connectivity index (χ0v) is 51.0. The average Bonchev–Trinajstić information content (AvgIpc) is 0.784. The van der Waals surface area contributed by atoms with Crippen LogP contribution < -0.4 is 20.7 Å². The lowest BCUT2D eigenvalue weighted by molar-refractivity contribution is -0.147. The molecule has 4 aromatic carbocycles. The van der Waals surface area contributed by atoms with Crippen molar-refractivity contribution in [2.75, 3.05) is 75.4 Å². The summed E-state index contributed by atoms with van der Waals surface area (Å²) in [5.41, 5.74) is 5.56. The summed E-state index contributed by atoms with van der Waals surface area (Å²) in [6, 6.07) is 48.3. The number of nitrogens with zero attached hydrogens (tertiary/aromatic N) is 7. The van der Waals surface area contributed by atoms with Crippen LogP contribution in [0.3, 0.4) is 0 Å². The summed E-state index contributed by atoms with van der Waals surface area (Å²) in [6.45, 7) is -0.673. The molecule has 0 radical (unpaired) electrons. The van der Waals surface area contributed by atoms with Gasteiger partial charge in [0.25, 0.3) is 5.56 Å². The minimum atomic E-state index is -1.19. The van der Waals surface area contributed by atoms with Gasteiger partial charge in [0.15, 0.2) is 0 Å². The summed E-state index contributed by atoms with van der Waals surface area (Å²) in [7, 11) is 8.26. The number of hydrogen-bond donors (Lipinski definition) is 1. The quantitative estimate of drug-likeness (QED) is 0.0162. The van der Waals surface area contributed by atoms with Gasteiger partial charge >= 0.3 is 29.6 Å². The highest BCUT2D eigenvalue weighted by Gasteiger charge is 2.38. The van der Waals surface area contributed by atoms with Crippen LogP contribution >= 0.6 is 0 Å². The van der Waals surface area contributed by atoms with E-state index in [0.717, 1.165) is 33.4 Å². The van der Waals surface area contributed by atoms with Crippen molar-refractivity contribution in [1.82, 2.24) is 33.9 Å². The number of pyridine rings is 3. The molecule has 90 heavy (non-hydrogen) atoms. The van der Waals surface area contributed by atoms with Crippen LogP contribution in [0.25, 0.3) is 33.9 Å². The Kier molecular flexibility index (Phi) is 23.6. The Hall–Kier alpha value is -10.1.